The van der Waals surface area contributed by atoms with E-state index in [4.69, 9.17) is 5.73 Å². The summed E-state index contributed by atoms with van der Waals surface area (Å²) in [6, 6.07) is 10.7. The molecule has 0 radical (unpaired) electrons. The summed E-state index contributed by atoms with van der Waals surface area (Å²) in [6.45, 7) is 3.03. The van der Waals surface area contributed by atoms with Gasteiger partial charge in [-0.3, -0.25) is 4.79 Å². The second kappa shape index (κ2) is 4.73. The lowest BCUT2D eigenvalue weighted by molar-refractivity contribution is -0.121. The smallest absolute Gasteiger partial charge is 0.221 e. The molecule has 3 nitrogen and oxygen atoms in total. The van der Waals surface area contributed by atoms with Crippen LogP contribution in [0.5, 0.6) is 0 Å². The third kappa shape index (κ3) is 2.41. The molecule has 3 rings (SSSR count). The topological polar surface area (TPSA) is 46.3 Å². The number of primary amides is 1. The average molecular weight is 244 g/mol. The SMILES string of the molecule is NC(=O)[C@@H]1CCN(C[C@@H]2C[C@H]2c2ccccc2)C1. The van der Waals surface area contributed by atoms with Gasteiger partial charge in [0.1, 0.15) is 0 Å². The first-order chi connectivity index (χ1) is 8.74. The highest BCUT2D eigenvalue weighted by atomic mass is 16.1. The summed E-state index contributed by atoms with van der Waals surface area (Å²) in [5, 5.41) is 0. The van der Waals surface area contributed by atoms with Gasteiger partial charge in [-0.25, -0.2) is 0 Å². The fourth-order valence-electron chi connectivity index (χ4n) is 3.12. The van der Waals surface area contributed by atoms with Gasteiger partial charge in [0.2, 0.25) is 5.91 Å². The summed E-state index contributed by atoms with van der Waals surface area (Å²) in [5.41, 5.74) is 6.83. The number of likely N-dealkylation sites (tertiary alicyclic amines) is 1. The Morgan fingerprint density at radius 3 is 2.78 bits per heavy atom. The lowest BCUT2D eigenvalue weighted by Crippen LogP contribution is -2.28. The average Bonchev–Trinajstić information content (AvgIpc) is 2.97. The second-order valence-electron chi connectivity index (χ2n) is 5.66. The first-order valence-corrected chi connectivity index (χ1v) is 6.80. The fourth-order valence-corrected chi connectivity index (χ4v) is 3.12. The van der Waals surface area contributed by atoms with Crippen molar-refractivity contribution in [3.05, 3.63) is 35.9 Å². The highest BCUT2D eigenvalue weighted by molar-refractivity contribution is 5.77. The van der Waals surface area contributed by atoms with Crippen molar-refractivity contribution in [3.8, 4) is 0 Å². The maximum absolute atomic E-state index is 11.1. The number of nitrogens with two attached hydrogens (primary N) is 1. The molecule has 1 saturated carbocycles. The van der Waals surface area contributed by atoms with E-state index >= 15 is 0 Å². The zero-order chi connectivity index (χ0) is 12.5. The van der Waals surface area contributed by atoms with Gasteiger partial charge in [-0.2, -0.15) is 0 Å². The van der Waals surface area contributed by atoms with Crippen molar-refractivity contribution in [2.75, 3.05) is 19.6 Å². The number of nitrogens with zero attached hydrogens (tertiary/aromatic N) is 1. The van der Waals surface area contributed by atoms with Crippen LogP contribution in [0.3, 0.4) is 0 Å². The maximum Gasteiger partial charge on any atom is 0.221 e. The number of amides is 1. The first-order valence-electron chi connectivity index (χ1n) is 6.80. The minimum Gasteiger partial charge on any atom is -0.369 e. The molecule has 18 heavy (non-hydrogen) atoms. The molecule has 0 unspecified atom stereocenters. The number of carbonyl (C=O) groups excluding carboxylic acids is 1. The molecule has 3 atom stereocenters. The van der Waals surface area contributed by atoms with E-state index in [0.29, 0.717) is 0 Å². The molecule has 96 valence electrons. The number of benzene rings is 1. The van der Waals surface area contributed by atoms with Crippen molar-refractivity contribution >= 4 is 5.91 Å². The minimum absolute atomic E-state index is 0.0823. The quantitative estimate of drug-likeness (QED) is 0.874. The number of rotatable bonds is 4. The van der Waals surface area contributed by atoms with Gasteiger partial charge in [-0.05, 0) is 36.8 Å². The number of hydrogen-bond donors (Lipinski definition) is 1. The molecular formula is C15H20N2O. The van der Waals surface area contributed by atoms with E-state index in [1.165, 1.54) is 12.0 Å². The summed E-state index contributed by atoms with van der Waals surface area (Å²) in [4.78, 5) is 13.5. The van der Waals surface area contributed by atoms with Gasteiger partial charge in [0.05, 0.1) is 5.92 Å². The fraction of sp³-hybridized carbons (Fsp3) is 0.533. The summed E-state index contributed by atoms with van der Waals surface area (Å²) >= 11 is 0. The minimum atomic E-state index is -0.132. The Bertz CT molecular complexity index is 431. The predicted molar refractivity (Wildman–Crippen MR) is 71.0 cm³/mol. The summed E-state index contributed by atoms with van der Waals surface area (Å²) in [7, 11) is 0. The maximum atomic E-state index is 11.1. The van der Waals surface area contributed by atoms with Gasteiger partial charge in [-0.1, -0.05) is 30.3 Å². The predicted octanol–water partition coefficient (Wildman–Crippen LogP) is 1.60. The zero-order valence-corrected chi connectivity index (χ0v) is 10.6. The van der Waals surface area contributed by atoms with Crippen molar-refractivity contribution in [1.82, 2.24) is 4.90 Å². The van der Waals surface area contributed by atoms with E-state index in [1.54, 1.807) is 0 Å². The molecule has 2 fully saturated rings. The van der Waals surface area contributed by atoms with Crippen LogP contribution in [0.15, 0.2) is 30.3 Å². The van der Waals surface area contributed by atoms with Crippen LogP contribution in [-0.2, 0) is 4.79 Å². The van der Waals surface area contributed by atoms with Crippen molar-refractivity contribution in [2.24, 2.45) is 17.6 Å². The lowest BCUT2D eigenvalue weighted by Gasteiger charge is -2.15. The standard InChI is InChI=1S/C15H20N2O/c16-15(18)12-6-7-17(9-12)10-13-8-14(13)11-4-2-1-3-5-11/h1-5,12-14H,6-10H2,(H2,16,18)/t12-,13+,14+/m1/s1. The van der Waals surface area contributed by atoms with Gasteiger partial charge >= 0.3 is 0 Å². The molecule has 1 aliphatic carbocycles. The van der Waals surface area contributed by atoms with Gasteiger partial charge in [-0.15, -0.1) is 0 Å². The van der Waals surface area contributed by atoms with E-state index in [2.05, 4.69) is 35.2 Å². The Morgan fingerprint density at radius 1 is 1.33 bits per heavy atom. The van der Waals surface area contributed by atoms with Gasteiger partial charge in [0.15, 0.2) is 0 Å². The van der Waals surface area contributed by atoms with Gasteiger partial charge in [0, 0.05) is 13.1 Å². The molecule has 2 aliphatic rings. The molecule has 1 aliphatic heterocycles. The van der Waals surface area contributed by atoms with E-state index in [9.17, 15) is 4.79 Å². The Morgan fingerprint density at radius 2 is 2.11 bits per heavy atom. The van der Waals surface area contributed by atoms with Gasteiger partial charge in [0.25, 0.3) is 0 Å². The van der Waals surface area contributed by atoms with E-state index in [1.807, 2.05) is 0 Å². The summed E-state index contributed by atoms with van der Waals surface area (Å²) in [6.07, 6.45) is 2.24. The first kappa shape index (κ1) is 11.7. The largest absolute Gasteiger partial charge is 0.369 e. The number of carbonyl (C=O) groups is 1. The van der Waals surface area contributed by atoms with Crippen LogP contribution in [0, 0.1) is 11.8 Å². The van der Waals surface area contributed by atoms with Crippen molar-refractivity contribution < 1.29 is 4.79 Å². The Balaban J connectivity index is 1.51. The summed E-state index contributed by atoms with van der Waals surface area (Å²) in [5.74, 6) is 1.46. The highest BCUT2D eigenvalue weighted by Crippen LogP contribution is 2.48. The third-order valence-electron chi connectivity index (χ3n) is 4.32. The van der Waals surface area contributed by atoms with Crippen LogP contribution in [0.1, 0.15) is 24.3 Å². The molecule has 0 bridgehead atoms. The third-order valence-corrected chi connectivity index (χ3v) is 4.32. The monoisotopic (exact) mass is 244 g/mol. The van der Waals surface area contributed by atoms with Crippen molar-refractivity contribution in [3.63, 3.8) is 0 Å². The molecule has 1 saturated heterocycles. The second-order valence-corrected chi connectivity index (χ2v) is 5.66. The van der Waals surface area contributed by atoms with Crippen LogP contribution in [0.4, 0.5) is 0 Å². The molecule has 1 amide bonds. The van der Waals surface area contributed by atoms with E-state index in [0.717, 1.165) is 37.9 Å². The van der Waals surface area contributed by atoms with Crippen molar-refractivity contribution in [2.45, 2.75) is 18.8 Å². The molecule has 1 aromatic carbocycles. The normalized spacial score (nSPS) is 31.4. The number of hydrogen-bond acceptors (Lipinski definition) is 2. The Labute approximate surface area is 108 Å². The summed E-state index contributed by atoms with van der Waals surface area (Å²) < 4.78 is 0. The van der Waals surface area contributed by atoms with Crippen LogP contribution in [0.25, 0.3) is 0 Å². The zero-order valence-electron chi connectivity index (χ0n) is 10.6. The van der Waals surface area contributed by atoms with Crippen LogP contribution >= 0.6 is 0 Å². The molecule has 0 spiro atoms. The van der Waals surface area contributed by atoms with Crippen molar-refractivity contribution in [1.29, 1.82) is 0 Å². The van der Waals surface area contributed by atoms with Gasteiger partial charge < -0.3 is 10.6 Å². The lowest BCUT2D eigenvalue weighted by atomic mass is 10.1. The molecular weight excluding hydrogens is 224 g/mol. The molecule has 0 aromatic heterocycles. The molecule has 3 heteroatoms. The Kier molecular flexibility index (Phi) is 3.08. The molecule has 1 heterocycles. The molecule has 1 aromatic rings. The van der Waals surface area contributed by atoms with Crippen LogP contribution in [0.2, 0.25) is 0 Å². The van der Waals surface area contributed by atoms with E-state index < -0.39 is 0 Å². The van der Waals surface area contributed by atoms with Crippen LogP contribution in [-0.4, -0.2) is 30.4 Å². The molecule has 2 N–H and O–H groups in total. The highest BCUT2D eigenvalue weighted by Gasteiger charge is 2.40. The Hall–Kier alpha value is -1.35. The van der Waals surface area contributed by atoms with Crippen LogP contribution < -0.4 is 5.73 Å². The van der Waals surface area contributed by atoms with E-state index in [-0.39, 0.29) is 11.8 Å².